The summed E-state index contributed by atoms with van der Waals surface area (Å²) in [6, 6.07) is 55.5. The monoisotopic (exact) mass is 639 g/mol. The van der Waals surface area contributed by atoms with Gasteiger partial charge >= 0.3 is 0 Å². The zero-order valence-corrected chi connectivity index (χ0v) is 28.0. The van der Waals surface area contributed by atoms with Crippen molar-refractivity contribution in [2.45, 2.75) is 20.3 Å². The summed E-state index contributed by atoms with van der Waals surface area (Å²) in [6.07, 6.45) is 3.10. The minimum atomic E-state index is 0.635. The van der Waals surface area contributed by atoms with Crippen molar-refractivity contribution in [2.75, 3.05) is 4.90 Å². The second-order valence-corrected chi connectivity index (χ2v) is 13.0. The van der Waals surface area contributed by atoms with Crippen LogP contribution >= 0.6 is 0 Å². The van der Waals surface area contributed by atoms with Crippen molar-refractivity contribution in [3.05, 3.63) is 185 Å². The molecule has 0 aliphatic carbocycles. The van der Waals surface area contributed by atoms with Gasteiger partial charge in [0.2, 0.25) is 0 Å². The third-order valence-electron chi connectivity index (χ3n) is 9.69. The van der Waals surface area contributed by atoms with E-state index in [4.69, 9.17) is 0 Å². The van der Waals surface area contributed by atoms with Crippen LogP contribution in [-0.4, -0.2) is 0 Å². The maximum atomic E-state index is 9.50. The number of nitriles is 2. The lowest BCUT2D eigenvalue weighted by Crippen LogP contribution is -2.10. The quantitative estimate of drug-likeness (QED) is 0.129. The SMILES string of the molecule is Cc1ccc(C/C(=C/c2ccc3ccc4c(N(c5ccc(C)cc5)c5ccc(C#N)cc5)ccc5ccc2c3c54)c2ccc(C#N)cc2)cc1. The Morgan fingerprint density at radius 2 is 1.04 bits per heavy atom. The molecule has 0 aliphatic rings. The predicted octanol–water partition coefficient (Wildman–Crippen LogP) is 12.2. The molecule has 0 radical (unpaired) electrons. The average Bonchev–Trinajstić information content (AvgIpc) is 3.16. The Hall–Kier alpha value is -6.68. The Kier molecular flexibility index (Phi) is 7.81. The van der Waals surface area contributed by atoms with Gasteiger partial charge in [0.05, 0.1) is 29.0 Å². The van der Waals surface area contributed by atoms with E-state index in [1.54, 1.807) is 0 Å². The molecule has 8 aromatic carbocycles. The molecule has 0 fully saturated rings. The zero-order valence-electron chi connectivity index (χ0n) is 28.0. The predicted molar refractivity (Wildman–Crippen MR) is 208 cm³/mol. The van der Waals surface area contributed by atoms with Crippen molar-refractivity contribution in [1.82, 2.24) is 0 Å². The summed E-state index contributed by atoms with van der Waals surface area (Å²) < 4.78 is 0. The van der Waals surface area contributed by atoms with Crippen LogP contribution in [0, 0.1) is 36.5 Å². The molecule has 0 aromatic heterocycles. The fourth-order valence-corrected chi connectivity index (χ4v) is 7.04. The summed E-state index contributed by atoms with van der Waals surface area (Å²) in [5.41, 5.74) is 11.6. The summed E-state index contributed by atoms with van der Waals surface area (Å²) in [7, 11) is 0. The van der Waals surface area contributed by atoms with Gasteiger partial charge in [-0.2, -0.15) is 10.5 Å². The van der Waals surface area contributed by atoms with Crippen molar-refractivity contribution in [3.63, 3.8) is 0 Å². The number of hydrogen-bond acceptors (Lipinski definition) is 3. The lowest BCUT2D eigenvalue weighted by atomic mass is 9.89. The van der Waals surface area contributed by atoms with E-state index in [9.17, 15) is 10.5 Å². The minimum Gasteiger partial charge on any atom is -0.310 e. The Labute approximate surface area is 292 Å². The summed E-state index contributed by atoms with van der Waals surface area (Å²) in [5, 5.41) is 26.2. The maximum Gasteiger partial charge on any atom is 0.0991 e. The van der Waals surface area contributed by atoms with E-state index in [0.717, 1.165) is 34.6 Å². The highest BCUT2D eigenvalue weighted by Gasteiger charge is 2.19. The molecule has 0 amide bonds. The van der Waals surface area contributed by atoms with Crippen LogP contribution in [0.3, 0.4) is 0 Å². The molecule has 0 bridgehead atoms. The second kappa shape index (κ2) is 12.7. The number of aryl methyl sites for hydroxylation is 2. The summed E-state index contributed by atoms with van der Waals surface area (Å²) >= 11 is 0. The summed E-state index contributed by atoms with van der Waals surface area (Å²) in [4.78, 5) is 2.29. The van der Waals surface area contributed by atoms with Gasteiger partial charge in [-0.25, -0.2) is 0 Å². The lowest BCUT2D eigenvalue weighted by Gasteiger charge is -2.28. The number of rotatable bonds is 7. The fraction of sp³-hybridized carbons (Fsp3) is 0.0638. The Morgan fingerprint density at radius 3 is 1.66 bits per heavy atom. The van der Waals surface area contributed by atoms with E-state index in [2.05, 4.69) is 146 Å². The minimum absolute atomic E-state index is 0.635. The molecular formula is C47H33N3. The van der Waals surface area contributed by atoms with Gasteiger partial charge in [-0.05, 0) is 124 Å². The van der Waals surface area contributed by atoms with Crippen LogP contribution in [0.5, 0.6) is 0 Å². The molecule has 8 aromatic rings. The van der Waals surface area contributed by atoms with Crippen molar-refractivity contribution >= 4 is 61.0 Å². The van der Waals surface area contributed by atoms with Crippen LogP contribution in [0.1, 0.15) is 38.9 Å². The fourth-order valence-electron chi connectivity index (χ4n) is 7.04. The molecule has 0 unspecified atom stereocenters. The van der Waals surface area contributed by atoms with E-state index in [1.807, 2.05) is 36.4 Å². The van der Waals surface area contributed by atoms with Crippen LogP contribution in [-0.2, 0) is 6.42 Å². The molecule has 236 valence electrons. The van der Waals surface area contributed by atoms with Gasteiger partial charge in [0, 0.05) is 16.8 Å². The van der Waals surface area contributed by atoms with Gasteiger partial charge in [0.15, 0.2) is 0 Å². The van der Waals surface area contributed by atoms with E-state index < -0.39 is 0 Å². The van der Waals surface area contributed by atoms with Crippen molar-refractivity contribution in [3.8, 4) is 12.1 Å². The van der Waals surface area contributed by atoms with E-state index in [0.29, 0.717) is 11.1 Å². The second-order valence-electron chi connectivity index (χ2n) is 13.0. The first kappa shape index (κ1) is 30.6. The highest BCUT2D eigenvalue weighted by Crippen LogP contribution is 2.44. The van der Waals surface area contributed by atoms with Crippen molar-refractivity contribution < 1.29 is 0 Å². The molecule has 0 N–H and O–H groups in total. The van der Waals surface area contributed by atoms with Crippen LogP contribution in [0.15, 0.2) is 146 Å². The third-order valence-corrected chi connectivity index (χ3v) is 9.69. The summed E-state index contributed by atoms with van der Waals surface area (Å²) in [5.74, 6) is 0. The Morgan fingerprint density at radius 1 is 0.540 bits per heavy atom. The van der Waals surface area contributed by atoms with Crippen LogP contribution < -0.4 is 4.90 Å². The van der Waals surface area contributed by atoms with Crippen molar-refractivity contribution in [1.29, 1.82) is 10.5 Å². The first-order chi connectivity index (χ1) is 24.5. The molecule has 3 nitrogen and oxygen atoms in total. The van der Waals surface area contributed by atoms with E-state index in [1.165, 1.54) is 54.6 Å². The Balaban J connectivity index is 1.33. The highest BCUT2D eigenvalue weighted by molar-refractivity contribution is 6.27. The summed E-state index contributed by atoms with van der Waals surface area (Å²) in [6.45, 7) is 4.22. The lowest BCUT2D eigenvalue weighted by molar-refractivity contribution is 1.27. The molecule has 0 atom stereocenters. The molecule has 8 rings (SSSR count). The first-order valence-electron chi connectivity index (χ1n) is 16.8. The molecule has 3 heteroatoms. The topological polar surface area (TPSA) is 50.8 Å². The van der Waals surface area contributed by atoms with Crippen LogP contribution in [0.25, 0.3) is 44.0 Å². The molecule has 0 spiro atoms. The van der Waals surface area contributed by atoms with E-state index in [-0.39, 0.29) is 0 Å². The third kappa shape index (κ3) is 5.62. The van der Waals surface area contributed by atoms with Gasteiger partial charge in [-0.15, -0.1) is 0 Å². The van der Waals surface area contributed by atoms with Gasteiger partial charge in [-0.1, -0.05) is 108 Å². The zero-order chi connectivity index (χ0) is 34.2. The van der Waals surface area contributed by atoms with Gasteiger partial charge < -0.3 is 4.90 Å². The van der Waals surface area contributed by atoms with Gasteiger partial charge in [0.1, 0.15) is 0 Å². The molecule has 0 saturated heterocycles. The maximum absolute atomic E-state index is 9.50. The molecule has 0 aliphatic heterocycles. The first-order valence-corrected chi connectivity index (χ1v) is 16.8. The van der Waals surface area contributed by atoms with Gasteiger partial charge in [0.25, 0.3) is 0 Å². The molecule has 0 saturated carbocycles. The van der Waals surface area contributed by atoms with Crippen molar-refractivity contribution in [2.24, 2.45) is 0 Å². The smallest absolute Gasteiger partial charge is 0.0991 e. The van der Waals surface area contributed by atoms with Crippen LogP contribution in [0.2, 0.25) is 0 Å². The standard InChI is InChI=1S/C47H33N3/c1-31-3-7-33(8-4-31)27-40(36-13-9-34(29-48)10-14-36)28-39-16-15-37-18-25-44-45(26-19-38-17-24-43(39)46(37)47(38)44)50(41-20-5-32(2)6-21-41)42-22-11-35(30-49)12-23-42/h3-26,28H,27H2,1-2H3/b40-28-. The molecule has 0 heterocycles. The number of hydrogen-bond donors (Lipinski definition) is 0. The molecule has 50 heavy (non-hydrogen) atoms. The number of anilines is 3. The van der Waals surface area contributed by atoms with E-state index >= 15 is 0 Å². The normalized spacial score (nSPS) is 11.6. The largest absolute Gasteiger partial charge is 0.310 e. The Bertz CT molecular complexity index is 2620. The highest BCUT2D eigenvalue weighted by atomic mass is 15.1. The number of nitrogens with zero attached hydrogens (tertiary/aromatic N) is 3. The molecular weight excluding hydrogens is 607 g/mol. The average molecular weight is 640 g/mol. The van der Waals surface area contributed by atoms with Gasteiger partial charge in [-0.3, -0.25) is 0 Å². The number of benzene rings is 8. The van der Waals surface area contributed by atoms with Crippen LogP contribution in [0.4, 0.5) is 17.1 Å². The number of allylic oxidation sites excluding steroid dienone is 1.